The topological polar surface area (TPSA) is 18.5 Å². The highest BCUT2D eigenvalue weighted by molar-refractivity contribution is 4.72. The summed E-state index contributed by atoms with van der Waals surface area (Å²) in [5, 5.41) is 0. The maximum Gasteiger partial charge on any atom is 0.0644 e. The molecule has 1 fully saturated rings. The normalized spacial score (nSPS) is 25.0. The van der Waals surface area contributed by atoms with Crippen molar-refractivity contribution in [3.63, 3.8) is 0 Å². The Morgan fingerprint density at radius 1 is 1.58 bits per heavy atom. The van der Waals surface area contributed by atoms with Crippen LogP contribution in [0.2, 0.25) is 0 Å². The minimum absolute atomic E-state index is 0.478. The van der Waals surface area contributed by atoms with Crippen LogP contribution < -0.4 is 0 Å². The third kappa shape index (κ3) is 3.11. The molecule has 0 N–H and O–H groups in total. The molecule has 0 amide bonds. The summed E-state index contributed by atoms with van der Waals surface area (Å²) in [6.45, 7) is 7.11. The fourth-order valence-electron chi connectivity index (χ4n) is 1.33. The molecule has 0 saturated carbocycles. The van der Waals surface area contributed by atoms with Gasteiger partial charge in [-0.3, -0.25) is 0 Å². The molecule has 72 valence electrons. The van der Waals surface area contributed by atoms with Gasteiger partial charge in [0.25, 0.3) is 0 Å². The number of rotatable bonds is 6. The van der Waals surface area contributed by atoms with E-state index in [0.717, 1.165) is 19.8 Å². The van der Waals surface area contributed by atoms with E-state index < -0.39 is 0 Å². The quantitative estimate of drug-likeness (QED) is 0.572. The van der Waals surface area contributed by atoms with Crippen molar-refractivity contribution in [2.75, 3.05) is 19.8 Å². The lowest BCUT2D eigenvalue weighted by Gasteiger charge is -2.31. The predicted octanol–water partition coefficient (Wildman–Crippen LogP) is 2.23. The molecule has 2 unspecified atom stereocenters. The van der Waals surface area contributed by atoms with Gasteiger partial charge in [-0.15, -0.1) is 0 Å². The fraction of sp³-hybridized carbons (Fsp3) is 1.00. The average molecular weight is 172 g/mol. The predicted molar refractivity (Wildman–Crippen MR) is 49.2 cm³/mol. The zero-order valence-electron chi connectivity index (χ0n) is 8.21. The maximum atomic E-state index is 5.51. The zero-order valence-corrected chi connectivity index (χ0v) is 8.21. The van der Waals surface area contributed by atoms with Gasteiger partial charge in [0.2, 0.25) is 0 Å². The molecule has 1 aliphatic rings. The Hall–Kier alpha value is -0.0800. The van der Waals surface area contributed by atoms with Crippen LogP contribution in [-0.4, -0.2) is 25.9 Å². The lowest BCUT2D eigenvalue weighted by atomic mass is 10.00. The lowest BCUT2D eigenvalue weighted by molar-refractivity contribution is -0.0971. The first-order chi connectivity index (χ1) is 5.84. The highest BCUT2D eigenvalue weighted by Crippen LogP contribution is 2.20. The minimum atomic E-state index is 0.478. The summed E-state index contributed by atoms with van der Waals surface area (Å²) in [5.74, 6) is 0.579. The van der Waals surface area contributed by atoms with Crippen molar-refractivity contribution in [3.05, 3.63) is 0 Å². The summed E-state index contributed by atoms with van der Waals surface area (Å²) < 4.78 is 10.9. The van der Waals surface area contributed by atoms with Gasteiger partial charge in [-0.25, -0.2) is 0 Å². The highest BCUT2D eigenvalue weighted by Gasteiger charge is 2.24. The van der Waals surface area contributed by atoms with Crippen LogP contribution in [0.15, 0.2) is 0 Å². The van der Waals surface area contributed by atoms with Gasteiger partial charge in [-0.2, -0.15) is 0 Å². The van der Waals surface area contributed by atoms with Crippen molar-refractivity contribution in [2.45, 2.75) is 39.2 Å². The largest absolute Gasteiger partial charge is 0.381 e. The Labute approximate surface area is 75.2 Å². The van der Waals surface area contributed by atoms with Crippen LogP contribution >= 0.6 is 0 Å². The van der Waals surface area contributed by atoms with E-state index in [0.29, 0.717) is 12.0 Å². The van der Waals surface area contributed by atoms with E-state index in [1.807, 2.05) is 0 Å². The maximum absolute atomic E-state index is 5.51. The molecular formula is C10H20O2. The molecule has 2 nitrogen and oxygen atoms in total. The van der Waals surface area contributed by atoms with Crippen molar-refractivity contribution >= 4 is 0 Å². The van der Waals surface area contributed by atoms with Crippen LogP contribution in [0.5, 0.6) is 0 Å². The van der Waals surface area contributed by atoms with Crippen LogP contribution in [0.4, 0.5) is 0 Å². The molecule has 1 saturated heterocycles. The van der Waals surface area contributed by atoms with Crippen LogP contribution in [0.1, 0.15) is 33.1 Å². The first-order valence-corrected chi connectivity index (χ1v) is 5.04. The lowest BCUT2D eigenvalue weighted by Crippen LogP contribution is -2.35. The van der Waals surface area contributed by atoms with E-state index in [1.54, 1.807) is 0 Å². The molecule has 2 heteroatoms. The van der Waals surface area contributed by atoms with Crippen molar-refractivity contribution in [3.8, 4) is 0 Å². The van der Waals surface area contributed by atoms with E-state index in [4.69, 9.17) is 9.47 Å². The number of hydrogen-bond acceptors (Lipinski definition) is 2. The third-order valence-electron chi connectivity index (χ3n) is 2.39. The molecule has 0 radical (unpaired) electrons. The van der Waals surface area contributed by atoms with Gasteiger partial charge in [0.05, 0.1) is 12.7 Å². The highest BCUT2D eigenvalue weighted by atomic mass is 16.5. The SMILES string of the molecule is CCCCOCC(C)C1CCO1. The van der Waals surface area contributed by atoms with Gasteiger partial charge in [-0.1, -0.05) is 20.3 Å². The first kappa shape index (κ1) is 10.0. The molecule has 2 atom stereocenters. The molecule has 1 rings (SSSR count). The van der Waals surface area contributed by atoms with Crippen molar-refractivity contribution in [1.82, 2.24) is 0 Å². The van der Waals surface area contributed by atoms with Crippen molar-refractivity contribution in [1.29, 1.82) is 0 Å². The summed E-state index contributed by atoms with van der Waals surface area (Å²) in [4.78, 5) is 0. The molecule has 0 spiro atoms. The third-order valence-corrected chi connectivity index (χ3v) is 2.39. The molecule has 0 aromatic carbocycles. The van der Waals surface area contributed by atoms with Crippen LogP contribution in [0, 0.1) is 5.92 Å². The van der Waals surface area contributed by atoms with Gasteiger partial charge in [0, 0.05) is 19.1 Å². The van der Waals surface area contributed by atoms with Crippen LogP contribution in [-0.2, 0) is 9.47 Å². The molecule has 1 heterocycles. The molecule has 0 bridgehead atoms. The van der Waals surface area contributed by atoms with Gasteiger partial charge >= 0.3 is 0 Å². The Morgan fingerprint density at radius 3 is 2.83 bits per heavy atom. The van der Waals surface area contributed by atoms with Gasteiger partial charge in [0.1, 0.15) is 0 Å². The molecular weight excluding hydrogens is 152 g/mol. The van der Waals surface area contributed by atoms with Crippen LogP contribution in [0.25, 0.3) is 0 Å². The molecule has 1 aliphatic heterocycles. The molecule has 0 aromatic heterocycles. The van der Waals surface area contributed by atoms with Gasteiger partial charge in [-0.05, 0) is 12.8 Å². The fourth-order valence-corrected chi connectivity index (χ4v) is 1.33. The van der Waals surface area contributed by atoms with Gasteiger partial charge in [0.15, 0.2) is 0 Å². The van der Waals surface area contributed by atoms with Crippen molar-refractivity contribution < 1.29 is 9.47 Å². The summed E-state index contributed by atoms with van der Waals surface area (Å²) in [6, 6.07) is 0. The van der Waals surface area contributed by atoms with E-state index in [-0.39, 0.29) is 0 Å². The van der Waals surface area contributed by atoms with E-state index in [1.165, 1.54) is 19.3 Å². The van der Waals surface area contributed by atoms with Crippen molar-refractivity contribution in [2.24, 2.45) is 5.92 Å². The van der Waals surface area contributed by atoms with E-state index in [9.17, 15) is 0 Å². The number of unbranched alkanes of at least 4 members (excludes halogenated alkanes) is 1. The Bertz CT molecular complexity index is 110. The molecule has 0 aliphatic carbocycles. The summed E-state index contributed by atoms with van der Waals surface area (Å²) in [6.07, 6.45) is 4.09. The van der Waals surface area contributed by atoms with E-state index in [2.05, 4.69) is 13.8 Å². The number of ether oxygens (including phenoxy) is 2. The summed E-state index contributed by atoms with van der Waals surface area (Å²) >= 11 is 0. The number of hydrogen-bond donors (Lipinski definition) is 0. The standard InChI is InChI=1S/C10H20O2/c1-3-4-6-11-8-9(2)10-5-7-12-10/h9-10H,3-8H2,1-2H3. The summed E-state index contributed by atoms with van der Waals surface area (Å²) in [7, 11) is 0. The summed E-state index contributed by atoms with van der Waals surface area (Å²) in [5.41, 5.74) is 0. The second-order valence-corrected chi connectivity index (χ2v) is 3.60. The smallest absolute Gasteiger partial charge is 0.0644 e. The minimum Gasteiger partial charge on any atom is -0.381 e. The molecule has 12 heavy (non-hydrogen) atoms. The first-order valence-electron chi connectivity index (χ1n) is 5.04. The zero-order chi connectivity index (χ0) is 8.81. The second-order valence-electron chi connectivity index (χ2n) is 3.60. The monoisotopic (exact) mass is 172 g/mol. The van der Waals surface area contributed by atoms with Crippen LogP contribution in [0.3, 0.4) is 0 Å². The van der Waals surface area contributed by atoms with Gasteiger partial charge < -0.3 is 9.47 Å². The second kappa shape index (κ2) is 5.55. The Balaban J connectivity index is 1.91. The average Bonchev–Trinajstić information content (AvgIpc) is 1.95. The Kier molecular flexibility index (Phi) is 4.62. The molecule has 0 aromatic rings. The Morgan fingerprint density at radius 2 is 2.33 bits per heavy atom. The van der Waals surface area contributed by atoms with E-state index >= 15 is 0 Å².